The first-order chi connectivity index (χ1) is 12.6. The molecular weight excluding hydrogens is 332 g/mol. The minimum Gasteiger partial charge on any atom is -0.465 e. The highest BCUT2D eigenvalue weighted by atomic mass is 16.4. The lowest BCUT2D eigenvalue weighted by Crippen LogP contribution is -2.27. The Bertz CT molecular complexity index is 630. The highest BCUT2D eigenvalue weighted by Crippen LogP contribution is 2.23. The van der Waals surface area contributed by atoms with Crippen LogP contribution in [0.1, 0.15) is 48.9 Å². The van der Waals surface area contributed by atoms with E-state index in [1.165, 1.54) is 0 Å². The zero-order valence-electron chi connectivity index (χ0n) is 14.5. The van der Waals surface area contributed by atoms with Gasteiger partial charge in [0, 0.05) is 0 Å². The highest BCUT2D eigenvalue weighted by molar-refractivity contribution is 5.65. The largest absolute Gasteiger partial charge is 0.465 e. The smallest absolute Gasteiger partial charge is 0.405 e. The van der Waals surface area contributed by atoms with Crippen molar-refractivity contribution in [2.24, 2.45) is 0 Å². The third-order valence-corrected chi connectivity index (χ3v) is 4.23. The van der Waals surface area contributed by atoms with Crippen molar-refractivity contribution in [2.75, 3.05) is 0 Å². The maximum absolute atomic E-state index is 11.0. The maximum Gasteiger partial charge on any atom is 0.405 e. The second kappa shape index (κ2) is 10.1. The van der Waals surface area contributed by atoms with Crippen LogP contribution in [0.25, 0.3) is 0 Å². The molecule has 0 aromatic heterocycles. The molecule has 6 heteroatoms. The summed E-state index contributed by atoms with van der Waals surface area (Å²) in [6, 6.07) is 18.4. The molecule has 0 radical (unpaired) electrons. The molecule has 138 valence electrons. The molecule has 0 heterocycles. The Morgan fingerprint density at radius 1 is 0.692 bits per heavy atom. The molecule has 0 saturated carbocycles. The van der Waals surface area contributed by atoms with Gasteiger partial charge in [0.25, 0.3) is 0 Å². The molecule has 0 bridgehead atoms. The van der Waals surface area contributed by atoms with Crippen LogP contribution >= 0.6 is 0 Å². The summed E-state index contributed by atoms with van der Waals surface area (Å²) >= 11 is 0. The first-order valence-corrected chi connectivity index (χ1v) is 8.65. The first kappa shape index (κ1) is 19.3. The predicted octanol–water partition coefficient (Wildman–Crippen LogP) is 4.56. The summed E-state index contributed by atoms with van der Waals surface area (Å²) in [5, 5.41) is 23.2. The summed E-state index contributed by atoms with van der Waals surface area (Å²) in [7, 11) is 0. The van der Waals surface area contributed by atoms with Crippen molar-refractivity contribution >= 4 is 12.2 Å². The highest BCUT2D eigenvalue weighted by Gasteiger charge is 2.16. The van der Waals surface area contributed by atoms with E-state index in [0.717, 1.165) is 24.0 Å². The van der Waals surface area contributed by atoms with E-state index in [0.29, 0.717) is 12.8 Å². The molecule has 2 aromatic rings. The van der Waals surface area contributed by atoms with Crippen LogP contribution in [0.4, 0.5) is 9.59 Å². The number of nitrogens with one attached hydrogen (secondary N) is 2. The number of hydrogen-bond donors (Lipinski definition) is 4. The molecule has 2 rings (SSSR count). The summed E-state index contributed by atoms with van der Waals surface area (Å²) in [6.07, 6.45) is 0.784. The second-order valence-corrected chi connectivity index (χ2v) is 6.11. The second-order valence-electron chi connectivity index (χ2n) is 6.11. The van der Waals surface area contributed by atoms with E-state index in [2.05, 4.69) is 10.6 Å². The lowest BCUT2D eigenvalue weighted by molar-refractivity contribution is 0.186. The summed E-state index contributed by atoms with van der Waals surface area (Å²) in [5.74, 6) is 0. The monoisotopic (exact) mass is 356 g/mol. The molecule has 0 aliphatic carbocycles. The van der Waals surface area contributed by atoms with Gasteiger partial charge in [0.15, 0.2) is 0 Å². The molecule has 0 aliphatic rings. The van der Waals surface area contributed by atoms with Gasteiger partial charge in [-0.15, -0.1) is 0 Å². The Morgan fingerprint density at radius 2 is 1.04 bits per heavy atom. The normalized spacial score (nSPS) is 12.8. The van der Waals surface area contributed by atoms with E-state index >= 15 is 0 Å². The van der Waals surface area contributed by atoms with Crippen LogP contribution in [0.5, 0.6) is 0 Å². The van der Waals surface area contributed by atoms with Crippen LogP contribution in [-0.4, -0.2) is 22.4 Å². The number of carboxylic acid groups (broad SMARTS) is 2. The zero-order chi connectivity index (χ0) is 18.8. The molecule has 2 atom stereocenters. The predicted molar refractivity (Wildman–Crippen MR) is 99.2 cm³/mol. The molecule has 0 saturated heterocycles. The fourth-order valence-electron chi connectivity index (χ4n) is 3.01. The average molecular weight is 356 g/mol. The molecule has 2 aromatic carbocycles. The Balaban J connectivity index is 1.91. The van der Waals surface area contributed by atoms with Gasteiger partial charge in [-0.25, -0.2) is 9.59 Å². The van der Waals surface area contributed by atoms with E-state index in [-0.39, 0.29) is 12.1 Å². The molecule has 0 fully saturated rings. The Kier molecular flexibility index (Phi) is 7.49. The fourth-order valence-corrected chi connectivity index (χ4v) is 3.01. The van der Waals surface area contributed by atoms with Gasteiger partial charge in [-0.1, -0.05) is 73.5 Å². The van der Waals surface area contributed by atoms with Gasteiger partial charge >= 0.3 is 12.2 Å². The zero-order valence-corrected chi connectivity index (χ0v) is 14.5. The summed E-state index contributed by atoms with van der Waals surface area (Å²) in [5.41, 5.74) is 1.86. The molecule has 2 unspecified atom stereocenters. The standard InChI is InChI=1S/C20H24N2O4/c23-19(24)21-17(15-9-3-1-4-10-15)13-7-8-14-18(22-20(25)26)16-11-5-2-6-12-16/h1-6,9-12,17-18,21-22H,7-8,13-14H2,(H,23,24)(H,25,26). The molecular formula is C20H24N2O4. The van der Waals surface area contributed by atoms with Crippen LogP contribution in [0.2, 0.25) is 0 Å². The van der Waals surface area contributed by atoms with E-state index in [9.17, 15) is 9.59 Å². The van der Waals surface area contributed by atoms with Crippen molar-refractivity contribution < 1.29 is 19.8 Å². The van der Waals surface area contributed by atoms with E-state index in [4.69, 9.17) is 10.2 Å². The van der Waals surface area contributed by atoms with E-state index in [1.807, 2.05) is 60.7 Å². The van der Waals surface area contributed by atoms with E-state index in [1.54, 1.807) is 0 Å². The number of carbonyl (C=O) groups is 2. The van der Waals surface area contributed by atoms with Gasteiger partial charge in [-0.2, -0.15) is 0 Å². The third-order valence-electron chi connectivity index (χ3n) is 4.23. The quantitative estimate of drug-likeness (QED) is 0.495. The summed E-state index contributed by atoms with van der Waals surface area (Å²) < 4.78 is 0. The van der Waals surface area contributed by atoms with Crippen LogP contribution in [0.15, 0.2) is 60.7 Å². The van der Waals surface area contributed by atoms with Crippen molar-refractivity contribution in [3.8, 4) is 0 Å². The Hall–Kier alpha value is -3.02. The van der Waals surface area contributed by atoms with Crippen molar-refractivity contribution in [3.63, 3.8) is 0 Å². The van der Waals surface area contributed by atoms with E-state index < -0.39 is 12.2 Å². The Labute approximate surface area is 152 Å². The van der Waals surface area contributed by atoms with Gasteiger partial charge in [0.1, 0.15) is 0 Å². The minimum absolute atomic E-state index is 0.267. The van der Waals surface area contributed by atoms with Crippen LogP contribution in [0.3, 0.4) is 0 Å². The number of amides is 2. The molecule has 0 spiro atoms. The third kappa shape index (κ3) is 6.47. The van der Waals surface area contributed by atoms with Gasteiger partial charge in [-0.3, -0.25) is 0 Å². The number of hydrogen-bond acceptors (Lipinski definition) is 2. The fraction of sp³-hybridized carbons (Fsp3) is 0.300. The van der Waals surface area contributed by atoms with Crippen molar-refractivity contribution in [1.29, 1.82) is 0 Å². The number of benzene rings is 2. The first-order valence-electron chi connectivity index (χ1n) is 8.65. The van der Waals surface area contributed by atoms with Crippen molar-refractivity contribution in [2.45, 2.75) is 37.8 Å². The maximum atomic E-state index is 11.0. The molecule has 26 heavy (non-hydrogen) atoms. The average Bonchev–Trinajstić information content (AvgIpc) is 2.64. The minimum atomic E-state index is -1.05. The van der Waals surface area contributed by atoms with Gasteiger partial charge in [0.05, 0.1) is 12.1 Å². The lowest BCUT2D eigenvalue weighted by Gasteiger charge is -2.20. The summed E-state index contributed by atoms with van der Waals surface area (Å²) in [6.45, 7) is 0. The van der Waals surface area contributed by atoms with Crippen molar-refractivity contribution in [1.82, 2.24) is 10.6 Å². The van der Waals surface area contributed by atoms with Gasteiger partial charge < -0.3 is 20.8 Å². The lowest BCUT2D eigenvalue weighted by atomic mass is 9.97. The molecule has 2 amide bonds. The van der Waals surface area contributed by atoms with Gasteiger partial charge in [-0.05, 0) is 24.0 Å². The summed E-state index contributed by atoms with van der Waals surface area (Å²) in [4.78, 5) is 22.1. The van der Waals surface area contributed by atoms with Crippen molar-refractivity contribution in [3.05, 3.63) is 71.8 Å². The molecule has 4 N–H and O–H groups in total. The molecule has 6 nitrogen and oxygen atoms in total. The SMILES string of the molecule is O=C(O)NC(CCCCC(NC(=O)O)c1ccccc1)c1ccccc1. The Morgan fingerprint density at radius 3 is 1.35 bits per heavy atom. The van der Waals surface area contributed by atoms with Gasteiger partial charge in [0.2, 0.25) is 0 Å². The van der Waals surface area contributed by atoms with Crippen LogP contribution in [0, 0.1) is 0 Å². The van der Waals surface area contributed by atoms with Crippen LogP contribution < -0.4 is 10.6 Å². The van der Waals surface area contributed by atoms with Crippen LogP contribution in [-0.2, 0) is 0 Å². The number of unbranched alkanes of at least 4 members (excludes halogenated alkanes) is 1. The topological polar surface area (TPSA) is 98.7 Å². The number of rotatable bonds is 9. The molecule has 0 aliphatic heterocycles.